The zero-order chi connectivity index (χ0) is 12.2. The molecule has 2 nitrogen and oxygen atoms in total. The minimum Gasteiger partial charge on any atom is -0.399 e. The Hall–Kier alpha value is -1.18. The summed E-state index contributed by atoms with van der Waals surface area (Å²) in [7, 11) is 0. The largest absolute Gasteiger partial charge is 0.399 e. The third-order valence-electron chi connectivity index (χ3n) is 2.75. The molecule has 1 aromatic carbocycles. The van der Waals surface area contributed by atoms with Crippen LogP contribution in [0.15, 0.2) is 24.3 Å². The average Bonchev–Trinajstić information content (AvgIpc) is 2.17. The van der Waals surface area contributed by atoms with Gasteiger partial charge in [0, 0.05) is 24.5 Å². The Morgan fingerprint density at radius 1 is 1.25 bits per heavy atom. The van der Waals surface area contributed by atoms with Crippen molar-refractivity contribution in [2.45, 2.75) is 34.1 Å². The summed E-state index contributed by atoms with van der Waals surface area (Å²) in [6.45, 7) is 11.1. The molecule has 0 radical (unpaired) electrons. The van der Waals surface area contributed by atoms with Crippen LogP contribution in [0, 0.1) is 5.41 Å². The molecule has 0 saturated heterocycles. The van der Waals surface area contributed by atoms with Crippen molar-refractivity contribution in [3.05, 3.63) is 24.3 Å². The van der Waals surface area contributed by atoms with Gasteiger partial charge in [-0.05, 0) is 37.0 Å². The number of hydrogen-bond donors (Lipinski definition) is 1. The number of benzene rings is 1. The highest BCUT2D eigenvalue weighted by Crippen LogP contribution is 2.22. The van der Waals surface area contributed by atoms with Crippen molar-refractivity contribution in [1.82, 2.24) is 0 Å². The summed E-state index contributed by atoms with van der Waals surface area (Å²) in [4.78, 5) is 2.38. The maximum atomic E-state index is 5.81. The molecule has 0 saturated carbocycles. The van der Waals surface area contributed by atoms with Crippen LogP contribution in [0.3, 0.4) is 0 Å². The van der Waals surface area contributed by atoms with Gasteiger partial charge in [0.15, 0.2) is 0 Å². The van der Waals surface area contributed by atoms with E-state index in [4.69, 9.17) is 5.73 Å². The number of nitrogens with zero attached hydrogens (tertiary/aromatic N) is 1. The number of nitrogen functional groups attached to an aromatic ring is 1. The standard InChI is InChI=1S/C14H24N2/c1-5-16(10-9-14(2,3)4)13-8-6-7-12(15)11-13/h6-8,11H,5,9-10,15H2,1-4H3. The van der Waals surface area contributed by atoms with Gasteiger partial charge in [0.2, 0.25) is 0 Å². The van der Waals surface area contributed by atoms with Crippen molar-refractivity contribution in [3.63, 3.8) is 0 Å². The lowest BCUT2D eigenvalue weighted by molar-refractivity contribution is 0.379. The van der Waals surface area contributed by atoms with Crippen molar-refractivity contribution >= 4 is 11.4 Å². The number of rotatable bonds is 4. The summed E-state index contributed by atoms with van der Waals surface area (Å²) in [5.74, 6) is 0. The van der Waals surface area contributed by atoms with Crippen LogP contribution < -0.4 is 10.6 Å². The molecule has 0 aliphatic heterocycles. The molecule has 2 N–H and O–H groups in total. The van der Waals surface area contributed by atoms with Gasteiger partial charge in [-0.15, -0.1) is 0 Å². The topological polar surface area (TPSA) is 29.3 Å². The first-order valence-electron chi connectivity index (χ1n) is 6.03. The molecule has 0 atom stereocenters. The molecule has 1 aromatic rings. The molecular formula is C14H24N2. The molecule has 0 aliphatic carbocycles. The highest BCUT2D eigenvalue weighted by Gasteiger charge is 2.12. The number of anilines is 2. The van der Waals surface area contributed by atoms with E-state index in [1.54, 1.807) is 0 Å². The second-order valence-electron chi connectivity index (χ2n) is 5.49. The zero-order valence-corrected chi connectivity index (χ0v) is 11.0. The van der Waals surface area contributed by atoms with Crippen LogP contribution in [-0.2, 0) is 0 Å². The molecular weight excluding hydrogens is 196 g/mol. The van der Waals surface area contributed by atoms with E-state index in [1.807, 2.05) is 18.2 Å². The summed E-state index contributed by atoms with van der Waals surface area (Å²) in [5, 5.41) is 0. The maximum absolute atomic E-state index is 5.81. The van der Waals surface area contributed by atoms with E-state index in [0.717, 1.165) is 18.8 Å². The van der Waals surface area contributed by atoms with E-state index in [-0.39, 0.29) is 0 Å². The normalized spacial score (nSPS) is 11.5. The second kappa shape index (κ2) is 5.24. The van der Waals surface area contributed by atoms with E-state index in [1.165, 1.54) is 12.1 Å². The fourth-order valence-corrected chi connectivity index (χ4v) is 1.66. The molecule has 0 bridgehead atoms. The van der Waals surface area contributed by atoms with Crippen LogP contribution in [0.4, 0.5) is 11.4 Å². The predicted molar refractivity (Wildman–Crippen MR) is 72.8 cm³/mol. The van der Waals surface area contributed by atoms with Gasteiger partial charge in [-0.1, -0.05) is 26.8 Å². The van der Waals surface area contributed by atoms with E-state index in [9.17, 15) is 0 Å². The molecule has 0 amide bonds. The van der Waals surface area contributed by atoms with E-state index >= 15 is 0 Å². The van der Waals surface area contributed by atoms with Gasteiger partial charge in [-0.2, -0.15) is 0 Å². The average molecular weight is 220 g/mol. The molecule has 0 aliphatic rings. The summed E-state index contributed by atoms with van der Waals surface area (Å²) in [6.07, 6.45) is 1.19. The highest BCUT2D eigenvalue weighted by atomic mass is 15.1. The Bertz CT molecular complexity index is 326. The van der Waals surface area contributed by atoms with E-state index in [0.29, 0.717) is 5.41 Å². The second-order valence-corrected chi connectivity index (χ2v) is 5.49. The lowest BCUT2D eigenvalue weighted by atomic mass is 9.92. The van der Waals surface area contributed by atoms with Gasteiger partial charge in [0.05, 0.1) is 0 Å². The van der Waals surface area contributed by atoms with Gasteiger partial charge in [0.1, 0.15) is 0 Å². The third kappa shape index (κ3) is 4.13. The smallest absolute Gasteiger partial charge is 0.0386 e. The first-order valence-corrected chi connectivity index (χ1v) is 6.03. The molecule has 90 valence electrons. The monoisotopic (exact) mass is 220 g/mol. The molecule has 0 spiro atoms. The maximum Gasteiger partial charge on any atom is 0.0386 e. The van der Waals surface area contributed by atoms with Crippen molar-refractivity contribution in [1.29, 1.82) is 0 Å². The Morgan fingerprint density at radius 3 is 2.44 bits per heavy atom. The van der Waals surface area contributed by atoms with Gasteiger partial charge in [-0.25, -0.2) is 0 Å². The summed E-state index contributed by atoms with van der Waals surface area (Å²) in [5.41, 5.74) is 8.26. The number of hydrogen-bond acceptors (Lipinski definition) is 2. The van der Waals surface area contributed by atoms with Crippen LogP contribution in [0.2, 0.25) is 0 Å². The van der Waals surface area contributed by atoms with Crippen molar-refractivity contribution in [3.8, 4) is 0 Å². The Morgan fingerprint density at radius 2 is 1.94 bits per heavy atom. The first kappa shape index (κ1) is 12.9. The Labute approximate surface area is 99.5 Å². The lowest BCUT2D eigenvalue weighted by Crippen LogP contribution is -2.27. The van der Waals surface area contributed by atoms with Crippen molar-refractivity contribution in [2.24, 2.45) is 5.41 Å². The van der Waals surface area contributed by atoms with Crippen molar-refractivity contribution < 1.29 is 0 Å². The quantitative estimate of drug-likeness (QED) is 0.786. The van der Waals surface area contributed by atoms with E-state index in [2.05, 4.69) is 38.7 Å². The fourth-order valence-electron chi connectivity index (χ4n) is 1.66. The SMILES string of the molecule is CCN(CCC(C)(C)C)c1cccc(N)c1. The fraction of sp³-hybridized carbons (Fsp3) is 0.571. The van der Waals surface area contributed by atoms with Gasteiger partial charge in [0.25, 0.3) is 0 Å². The lowest BCUT2D eigenvalue weighted by Gasteiger charge is -2.27. The molecule has 2 heteroatoms. The van der Waals surface area contributed by atoms with Crippen LogP contribution in [0.1, 0.15) is 34.1 Å². The van der Waals surface area contributed by atoms with Gasteiger partial charge < -0.3 is 10.6 Å². The molecule has 0 heterocycles. The van der Waals surface area contributed by atoms with Crippen LogP contribution >= 0.6 is 0 Å². The van der Waals surface area contributed by atoms with E-state index < -0.39 is 0 Å². The minimum atomic E-state index is 0.383. The van der Waals surface area contributed by atoms with Crippen LogP contribution in [0.25, 0.3) is 0 Å². The molecule has 1 rings (SSSR count). The summed E-state index contributed by atoms with van der Waals surface area (Å²) >= 11 is 0. The van der Waals surface area contributed by atoms with Crippen molar-refractivity contribution in [2.75, 3.05) is 23.7 Å². The molecule has 0 fully saturated rings. The number of nitrogens with two attached hydrogens (primary N) is 1. The highest BCUT2D eigenvalue weighted by molar-refractivity contribution is 5.55. The first-order chi connectivity index (χ1) is 7.42. The molecule has 0 unspecified atom stereocenters. The van der Waals surface area contributed by atoms with Crippen LogP contribution in [0.5, 0.6) is 0 Å². The Balaban J connectivity index is 2.68. The molecule has 16 heavy (non-hydrogen) atoms. The van der Waals surface area contributed by atoms with Crippen LogP contribution in [-0.4, -0.2) is 13.1 Å². The van der Waals surface area contributed by atoms with Gasteiger partial charge in [-0.3, -0.25) is 0 Å². The van der Waals surface area contributed by atoms with Gasteiger partial charge >= 0.3 is 0 Å². The predicted octanol–water partition coefficient (Wildman–Crippen LogP) is 3.53. The summed E-state index contributed by atoms with van der Waals surface area (Å²) in [6, 6.07) is 8.13. The summed E-state index contributed by atoms with van der Waals surface area (Å²) < 4.78 is 0. The zero-order valence-electron chi connectivity index (χ0n) is 11.0. The minimum absolute atomic E-state index is 0.383. The Kier molecular flexibility index (Phi) is 4.22. The molecule has 0 aromatic heterocycles. The third-order valence-corrected chi connectivity index (χ3v) is 2.75.